The van der Waals surface area contributed by atoms with Crippen LogP contribution in [0.15, 0.2) is 24.3 Å². The van der Waals surface area contributed by atoms with E-state index in [2.05, 4.69) is 5.32 Å². The Morgan fingerprint density at radius 1 is 1.36 bits per heavy atom. The minimum absolute atomic E-state index is 0.156. The van der Waals surface area contributed by atoms with Crippen molar-refractivity contribution in [3.63, 3.8) is 0 Å². The van der Waals surface area contributed by atoms with E-state index in [9.17, 15) is 14.4 Å². The molecule has 1 heterocycles. The van der Waals surface area contributed by atoms with Crippen LogP contribution in [0.4, 0.5) is 0 Å². The molecule has 118 valence electrons. The standard InChI is InChI=1S/C16H20N2O4/c1-11-6-3-4-7-13(11)22-9-5-8-17-15(20)12-10-18(2)16(21)14(12)19/h3-4,6-7,12H,5,8-10H2,1-2H3,(H,17,20). The van der Waals surface area contributed by atoms with Crippen molar-refractivity contribution in [3.05, 3.63) is 29.8 Å². The molecule has 1 aromatic rings. The van der Waals surface area contributed by atoms with E-state index >= 15 is 0 Å². The van der Waals surface area contributed by atoms with Crippen LogP contribution in [0.2, 0.25) is 0 Å². The van der Waals surface area contributed by atoms with Crippen molar-refractivity contribution < 1.29 is 19.1 Å². The lowest BCUT2D eigenvalue weighted by molar-refractivity contribution is -0.142. The second kappa shape index (κ2) is 7.06. The van der Waals surface area contributed by atoms with Crippen LogP contribution < -0.4 is 10.1 Å². The number of ketones is 1. The topological polar surface area (TPSA) is 75.7 Å². The van der Waals surface area contributed by atoms with E-state index in [4.69, 9.17) is 4.74 Å². The van der Waals surface area contributed by atoms with Crippen molar-refractivity contribution in [1.29, 1.82) is 0 Å². The lowest BCUT2D eigenvalue weighted by Gasteiger charge is -2.11. The Balaban J connectivity index is 1.69. The van der Waals surface area contributed by atoms with E-state index < -0.39 is 23.5 Å². The van der Waals surface area contributed by atoms with Crippen LogP contribution in [0.5, 0.6) is 5.75 Å². The summed E-state index contributed by atoms with van der Waals surface area (Å²) in [5.41, 5.74) is 1.06. The van der Waals surface area contributed by atoms with Crippen molar-refractivity contribution in [2.24, 2.45) is 5.92 Å². The number of aryl methyl sites for hydroxylation is 1. The van der Waals surface area contributed by atoms with E-state index in [1.807, 2.05) is 31.2 Å². The molecule has 1 N–H and O–H groups in total. The molecule has 1 unspecified atom stereocenters. The Hall–Kier alpha value is -2.37. The number of amides is 2. The molecular weight excluding hydrogens is 284 g/mol. The summed E-state index contributed by atoms with van der Waals surface area (Å²) in [7, 11) is 1.52. The zero-order valence-corrected chi connectivity index (χ0v) is 12.8. The van der Waals surface area contributed by atoms with Gasteiger partial charge < -0.3 is 15.0 Å². The SMILES string of the molecule is Cc1ccccc1OCCCNC(=O)C1CN(C)C(=O)C1=O. The Morgan fingerprint density at radius 3 is 2.73 bits per heavy atom. The Kier molecular flexibility index (Phi) is 5.14. The summed E-state index contributed by atoms with van der Waals surface area (Å²) >= 11 is 0. The molecule has 1 aromatic carbocycles. The monoisotopic (exact) mass is 304 g/mol. The van der Waals surface area contributed by atoms with Crippen LogP contribution in [-0.4, -0.2) is 49.2 Å². The molecule has 1 aliphatic heterocycles. The van der Waals surface area contributed by atoms with E-state index in [-0.39, 0.29) is 6.54 Å². The predicted octanol–water partition coefficient (Wildman–Crippen LogP) is 0.537. The van der Waals surface area contributed by atoms with Crippen molar-refractivity contribution in [3.8, 4) is 5.75 Å². The van der Waals surface area contributed by atoms with Gasteiger partial charge in [-0.25, -0.2) is 0 Å². The number of nitrogens with zero attached hydrogens (tertiary/aromatic N) is 1. The number of Topliss-reactive ketones (excluding diaryl/α,β-unsaturated/α-hetero) is 1. The lowest BCUT2D eigenvalue weighted by atomic mass is 10.1. The van der Waals surface area contributed by atoms with Gasteiger partial charge in [-0.3, -0.25) is 14.4 Å². The quantitative estimate of drug-likeness (QED) is 0.473. The third-order valence-electron chi connectivity index (χ3n) is 3.62. The summed E-state index contributed by atoms with van der Waals surface area (Å²) in [5.74, 6) is -1.67. The highest BCUT2D eigenvalue weighted by molar-refractivity contribution is 6.42. The van der Waals surface area contributed by atoms with Crippen LogP contribution in [0.3, 0.4) is 0 Å². The average molecular weight is 304 g/mol. The van der Waals surface area contributed by atoms with Crippen molar-refractivity contribution in [1.82, 2.24) is 10.2 Å². The number of rotatable bonds is 6. The third kappa shape index (κ3) is 3.63. The molecule has 2 amide bonds. The van der Waals surface area contributed by atoms with E-state index in [1.165, 1.54) is 11.9 Å². The number of carbonyl (C=O) groups is 3. The van der Waals surface area contributed by atoms with Crippen LogP contribution in [0.25, 0.3) is 0 Å². The Morgan fingerprint density at radius 2 is 2.09 bits per heavy atom. The van der Waals surface area contributed by atoms with Gasteiger partial charge in [-0.05, 0) is 25.0 Å². The lowest BCUT2D eigenvalue weighted by Crippen LogP contribution is -2.36. The predicted molar refractivity (Wildman–Crippen MR) is 80.4 cm³/mol. The largest absolute Gasteiger partial charge is 0.493 e. The van der Waals surface area contributed by atoms with Gasteiger partial charge in [-0.2, -0.15) is 0 Å². The fourth-order valence-corrected chi connectivity index (χ4v) is 2.29. The molecular formula is C16H20N2O4. The number of hydrogen-bond donors (Lipinski definition) is 1. The van der Waals surface area contributed by atoms with Gasteiger partial charge in [-0.1, -0.05) is 18.2 Å². The molecule has 0 radical (unpaired) electrons. The minimum Gasteiger partial charge on any atom is -0.493 e. The minimum atomic E-state index is -0.880. The van der Waals surface area contributed by atoms with Crippen molar-refractivity contribution in [2.75, 3.05) is 26.7 Å². The first kappa shape index (κ1) is 16.0. The maximum absolute atomic E-state index is 11.9. The van der Waals surface area contributed by atoms with E-state index in [0.29, 0.717) is 19.6 Å². The van der Waals surface area contributed by atoms with Gasteiger partial charge in [0.1, 0.15) is 11.7 Å². The second-order valence-corrected chi connectivity index (χ2v) is 5.36. The highest BCUT2D eigenvalue weighted by Crippen LogP contribution is 2.16. The molecule has 0 aromatic heterocycles. The van der Waals surface area contributed by atoms with Crippen molar-refractivity contribution in [2.45, 2.75) is 13.3 Å². The summed E-state index contributed by atoms with van der Waals surface area (Å²) in [6.45, 7) is 3.01. The normalized spacial score (nSPS) is 17.7. The summed E-state index contributed by atoms with van der Waals surface area (Å²) in [4.78, 5) is 36.1. The molecule has 6 heteroatoms. The first-order valence-electron chi connectivity index (χ1n) is 7.26. The molecule has 0 bridgehead atoms. The smallest absolute Gasteiger partial charge is 0.290 e. The second-order valence-electron chi connectivity index (χ2n) is 5.36. The van der Waals surface area contributed by atoms with Crippen LogP contribution in [0.1, 0.15) is 12.0 Å². The van der Waals surface area contributed by atoms with Gasteiger partial charge >= 0.3 is 0 Å². The number of likely N-dealkylation sites (tertiary alicyclic amines) is 1. The maximum Gasteiger partial charge on any atom is 0.290 e. The molecule has 1 atom stereocenters. The van der Waals surface area contributed by atoms with E-state index in [0.717, 1.165) is 11.3 Å². The fourth-order valence-electron chi connectivity index (χ4n) is 2.29. The molecule has 0 aliphatic carbocycles. The van der Waals surface area contributed by atoms with E-state index in [1.54, 1.807) is 0 Å². The van der Waals surface area contributed by atoms with Gasteiger partial charge in [0.05, 0.1) is 6.61 Å². The highest BCUT2D eigenvalue weighted by atomic mass is 16.5. The number of ether oxygens (including phenoxy) is 1. The summed E-state index contributed by atoms with van der Waals surface area (Å²) in [6.07, 6.45) is 0.630. The Bertz CT molecular complexity index is 585. The molecule has 1 aliphatic rings. The summed E-state index contributed by atoms with van der Waals surface area (Å²) in [6, 6.07) is 7.71. The van der Waals surface area contributed by atoms with Gasteiger partial charge in [-0.15, -0.1) is 0 Å². The van der Waals surface area contributed by atoms with Gasteiger partial charge in [0.25, 0.3) is 5.91 Å². The van der Waals surface area contributed by atoms with Crippen LogP contribution in [-0.2, 0) is 14.4 Å². The first-order chi connectivity index (χ1) is 10.5. The third-order valence-corrected chi connectivity index (χ3v) is 3.62. The maximum atomic E-state index is 11.9. The number of hydrogen-bond acceptors (Lipinski definition) is 4. The molecule has 22 heavy (non-hydrogen) atoms. The molecule has 6 nitrogen and oxygen atoms in total. The molecule has 0 spiro atoms. The molecule has 2 rings (SSSR count). The fraction of sp³-hybridized carbons (Fsp3) is 0.438. The number of benzene rings is 1. The van der Waals surface area contributed by atoms with Crippen molar-refractivity contribution >= 4 is 17.6 Å². The van der Waals surface area contributed by atoms with Gasteiger partial charge in [0.2, 0.25) is 11.7 Å². The zero-order valence-electron chi connectivity index (χ0n) is 12.8. The number of nitrogens with one attached hydrogen (secondary N) is 1. The zero-order chi connectivity index (χ0) is 16.1. The summed E-state index contributed by atoms with van der Waals surface area (Å²) < 4.78 is 5.62. The number of para-hydroxylation sites is 1. The average Bonchev–Trinajstić information content (AvgIpc) is 2.76. The van der Waals surface area contributed by atoms with Crippen LogP contribution in [0, 0.1) is 12.8 Å². The molecule has 1 saturated heterocycles. The summed E-state index contributed by atoms with van der Waals surface area (Å²) in [5, 5.41) is 2.68. The number of carbonyl (C=O) groups excluding carboxylic acids is 3. The van der Waals surface area contributed by atoms with Crippen LogP contribution >= 0.6 is 0 Å². The number of likely N-dealkylation sites (N-methyl/N-ethyl adjacent to an activating group) is 1. The molecule has 0 saturated carbocycles. The molecule has 1 fully saturated rings. The van der Waals surface area contributed by atoms with Gasteiger partial charge in [0.15, 0.2) is 0 Å². The Labute approximate surface area is 129 Å². The van der Waals surface area contributed by atoms with Gasteiger partial charge in [0, 0.05) is 20.1 Å². The highest BCUT2D eigenvalue weighted by Gasteiger charge is 2.41. The first-order valence-corrected chi connectivity index (χ1v) is 7.26.